The first-order valence-electron chi connectivity index (χ1n) is 5.78. The molecule has 3 nitrogen and oxygen atoms in total. The summed E-state index contributed by atoms with van der Waals surface area (Å²) in [6.45, 7) is 2.41. The molecular weight excluding hydrogens is 253 g/mol. The van der Waals surface area contributed by atoms with E-state index in [1.807, 2.05) is 6.92 Å². The fourth-order valence-electron chi connectivity index (χ4n) is 1.43. The molecule has 0 saturated heterocycles. The van der Waals surface area contributed by atoms with Gasteiger partial charge in [-0.05, 0) is 31.2 Å². The molecule has 1 aromatic carbocycles. The normalized spacial score (nSPS) is 12.2. The van der Waals surface area contributed by atoms with Crippen molar-refractivity contribution in [3.8, 4) is 0 Å². The monoisotopic (exact) mass is 271 g/mol. The average molecular weight is 271 g/mol. The Morgan fingerprint density at radius 2 is 2.11 bits per heavy atom. The summed E-state index contributed by atoms with van der Waals surface area (Å²) in [6, 6.07) is 6.29. The van der Waals surface area contributed by atoms with Crippen LogP contribution in [0.2, 0.25) is 0 Å². The topological polar surface area (TPSA) is 38.3 Å². The second kappa shape index (κ2) is 8.11. The van der Waals surface area contributed by atoms with Crippen molar-refractivity contribution in [3.63, 3.8) is 0 Å². The van der Waals surface area contributed by atoms with Crippen LogP contribution in [-0.2, 0) is 9.53 Å². The number of methoxy groups -OCH3 is 1. The molecule has 0 aliphatic heterocycles. The molecule has 0 spiro atoms. The van der Waals surface area contributed by atoms with Crippen LogP contribution in [-0.4, -0.2) is 31.4 Å². The van der Waals surface area contributed by atoms with Gasteiger partial charge in [-0.2, -0.15) is 0 Å². The van der Waals surface area contributed by atoms with Gasteiger partial charge in [-0.3, -0.25) is 4.79 Å². The van der Waals surface area contributed by atoms with Gasteiger partial charge >= 0.3 is 0 Å². The predicted molar refractivity (Wildman–Crippen MR) is 71.2 cm³/mol. The largest absolute Gasteiger partial charge is 0.383 e. The smallest absolute Gasteiger partial charge is 0.221 e. The summed E-state index contributed by atoms with van der Waals surface area (Å²) in [4.78, 5) is 12.5. The minimum atomic E-state index is -0.245. The van der Waals surface area contributed by atoms with E-state index in [0.29, 0.717) is 18.8 Å². The van der Waals surface area contributed by atoms with Crippen LogP contribution >= 0.6 is 11.8 Å². The molecule has 18 heavy (non-hydrogen) atoms. The van der Waals surface area contributed by atoms with Gasteiger partial charge in [-0.25, -0.2) is 4.39 Å². The van der Waals surface area contributed by atoms with E-state index < -0.39 is 0 Å². The number of hydrogen-bond acceptors (Lipinski definition) is 3. The molecule has 0 radical (unpaired) electrons. The molecule has 0 bridgehead atoms. The minimum Gasteiger partial charge on any atom is -0.383 e. The van der Waals surface area contributed by atoms with Crippen molar-refractivity contribution < 1.29 is 13.9 Å². The van der Waals surface area contributed by atoms with Crippen molar-refractivity contribution in [3.05, 3.63) is 30.1 Å². The number of carbonyl (C=O) groups is 1. The molecule has 1 unspecified atom stereocenters. The molecule has 1 rings (SSSR count). The number of halogens is 1. The number of nitrogens with one attached hydrogen (secondary N) is 1. The van der Waals surface area contributed by atoms with Crippen LogP contribution in [0.5, 0.6) is 0 Å². The number of benzene rings is 1. The van der Waals surface area contributed by atoms with Crippen molar-refractivity contribution >= 4 is 17.7 Å². The summed E-state index contributed by atoms with van der Waals surface area (Å²) >= 11 is 1.54. The molecule has 1 aromatic rings. The summed E-state index contributed by atoms with van der Waals surface area (Å²) < 4.78 is 17.6. The Morgan fingerprint density at radius 1 is 1.44 bits per heavy atom. The number of thioether (sulfide) groups is 1. The van der Waals surface area contributed by atoms with Gasteiger partial charge < -0.3 is 10.1 Å². The SMILES string of the molecule is COCC(C)NC(=O)CCSc1ccc(F)cc1. The van der Waals surface area contributed by atoms with Crippen LogP contribution in [0.1, 0.15) is 13.3 Å². The van der Waals surface area contributed by atoms with Gasteiger partial charge in [-0.1, -0.05) is 0 Å². The van der Waals surface area contributed by atoms with Crippen LogP contribution in [0.15, 0.2) is 29.2 Å². The molecule has 0 aliphatic rings. The van der Waals surface area contributed by atoms with Gasteiger partial charge in [-0.15, -0.1) is 11.8 Å². The first kappa shape index (κ1) is 15.0. The zero-order chi connectivity index (χ0) is 13.4. The maximum atomic E-state index is 12.7. The van der Waals surface area contributed by atoms with Crippen LogP contribution < -0.4 is 5.32 Å². The third kappa shape index (κ3) is 6.02. The van der Waals surface area contributed by atoms with Gasteiger partial charge in [0, 0.05) is 30.2 Å². The van der Waals surface area contributed by atoms with Gasteiger partial charge in [0.05, 0.1) is 6.61 Å². The first-order chi connectivity index (χ1) is 8.61. The van der Waals surface area contributed by atoms with E-state index in [9.17, 15) is 9.18 Å². The molecule has 1 atom stereocenters. The highest BCUT2D eigenvalue weighted by atomic mass is 32.2. The summed E-state index contributed by atoms with van der Waals surface area (Å²) in [5.41, 5.74) is 0. The standard InChI is InChI=1S/C13H18FNO2S/c1-10(9-17-2)15-13(16)7-8-18-12-5-3-11(14)4-6-12/h3-6,10H,7-9H2,1-2H3,(H,15,16). The zero-order valence-corrected chi connectivity index (χ0v) is 11.4. The Balaban J connectivity index is 2.21. The highest BCUT2D eigenvalue weighted by Gasteiger charge is 2.06. The van der Waals surface area contributed by atoms with Crippen molar-refractivity contribution in [1.29, 1.82) is 0 Å². The maximum Gasteiger partial charge on any atom is 0.221 e. The molecule has 100 valence electrons. The number of hydrogen-bond donors (Lipinski definition) is 1. The maximum absolute atomic E-state index is 12.7. The van der Waals surface area contributed by atoms with E-state index in [-0.39, 0.29) is 17.8 Å². The van der Waals surface area contributed by atoms with Crippen LogP contribution in [0.3, 0.4) is 0 Å². The van der Waals surface area contributed by atoms with Crippen molar-refractivity contribution in [1.82, 2.24) is 5.32 Å². The molecule has 5 heteroatoms. The number of rotatable bonds is 7. The third-order valence-corrected chi connectivity index (χ3v) is 3.25. The molecule has 0 aromatic heterocycles. The Bertz CT molecular complexity index is 370. The second-order valence-corrected chi connectivity index (χ2v) is 5.14. The van der Waals surface area contributed by atoms with Crippen molar-refractivity contribution in [2.45, 2.75) is 24.3 Å². The number of ether oxygens (including phenoxy) is 1. The second-order valence-electron chi connectivity index (χ2n) is 3.98. The fourth-order valence-corrected chi connectivity index (χ4v) is 2.28. The Labute approximate surface area is 111 Å². The minimum absolute atomic E-state index is 0.00848. The van der Waals surface area contributed by atoms with E-state index in [1.54, 1.807) is 19.2 Å². The van der Waals surface area contributed by atoms with Crippen LogP contribution in [0.4, 0.5) is 4.39 Å². The van der Waals surface area contributed by atoms with E-state index in [4.69, 9.17) is 4.74 Å². The van der Waals surface area contributed by atoms with E-state index >= 15 is 0 Å². The summed E-state index contributed by atoms with van der Waals surface area (Å²) in [6.07, 6.45) is 0.441. The molecule has 0 fully saturated rings. The molecule has 1 N–H and O–H groups in total. The lowest BCUT2D eigenvalue weighted by Gasteiger charge is -2.12. The lowest BCUT2D eigenvalue weighted by molar-refractivity contribution is -0.121. The quantitative estimate of drug-likeness (QED) is 0.774. The molecule has 0 aliphatic carbocycles. The van der Waals surface area contributed by atoms with E-state index in [1.165, 1.54) is 23.9 Å². The van der Waals surface area contributed by atoms with E-state index in [0.717, 1.165) is 4.90 Å². The fraction of sp³-hybridized carbons (Fsp3) is 0.462. The van der Waals surface area contributed by atoms with Gasteiger partial charge in [0.25, 0.3) is 0 Å². The first-order valence-corrected chi connectivity index (χ1v) is 6.77. The molecule has 1 amide bonds. The highest BCUT2D eigenvalue weighted by Crippen LogP contribution is 2.18. The molecule has 0 saturated carbocycles. The summed E-state index contributed by atoms with van der Waals surface area (Å²) in [5.74, 6) is 0.441. The molecule has 0 heterocycles. The predicted octanol–water partition coefficient (Wildman–Crippen LogP) is 2.46. The lowest BCUT2D eigenvalue weighted by atomic mass is 10.3. The van der Waals surface area contributed by atoms with Crippen molar-refractivity contribution in [2.24, 2.45) is 0 Å². The summed E-state index contributed by atoms with van der Waals surface area (Å²) in [7, 11) is 1.60. The average Bonchev–Trinajstić information content (AvgIpc) is 2.32. The molecular formula is C13H18FNO2S. The van der Waals surface area contributed by atoms with Gasteiger partial charge in [0.15, 0.2) is 0 Å². The van der Waals surface area contributed by atoms with Gasteiger partial charge in [0.1, 0.15) is 5.82 Å². The van der Waals surface area contributed by atoms with Gasteiger partial charge in [0.2, 0.25) is 5.91 Å². The zero-order valence-electron chi connectivity index (χ0n) is 10.6. The Morgan fingerprint density at radius 3 is 2.72 bits per heavy atom. The van der Waals surface area contributed by atoms with Crippen LogP contribution in [0.25, 0.3) is 0 Å². The number of amides is 1. The lowest BCUT2D eigenvalue weighted by Crippen LogP contribution is -2.35. The third-order valence-electron chi connectivity index (χ3n) is 2.24. The number of carbonyl (C=O) groups excluding carboxylic acids is 1. The Hall–Kier alpha value is -1.07. The van der Waals surface area contributed by atoms with Crippen molar-refractivity contribution in [2.75, 3.05) is 19.5 Å². The van der Waals surface area contributed by atoms with E-state index in [2.05, 4.69) is 5.32 Å². The van der Waals surface area contributed by atoms with Crippen LogP contribution in [0, 0.1) is 5.82 Å². The highest BCUT2D eigenvalue weighted by molar-refractivity contribution is 7.99. The summed E-state index contributed by atoms with van der Waals surface area (Å²) in [5, 5.41) is 2.84. The Kier molecular flexibility index (Phi) is 6.75.